The van der Waals surface area contributed by atoms with E-state index in [4.69, 9.17) is 9.47 Å². The normalized spacial score (nSPS) is 14.8. The summed E-state index contributed by atoms with van der Waals surface area (Å²) in [5, 5.41) is 2.22. The highest BCUT2D eigenvalue weighted by Gasteiger charge is 2.36. The van der Waals surface area contributed by atoms with Gasteiger partial charge in [-0.25, -0.2) is 9.69 Å². The quantitative estimate of drug-likeness (QED) is 0.287. The SMILES string of the molecule is COc1ccc(N2C(=O)NC(=O)/C(=C\c3cc(Br)c(OCc4ccc(C)cc4)c(Br)c3)C2=O)cc1. The highest BCUT2D eigenvalue weighted by Crippen LogP contribution is 2.36. The van der Waals surface area contributed by atoms with Crippen LogP contribution < -0.4 is 19.7 Å². The van der Waals surface area contributed by atoms with Crippen LogP contribution in [0.3, 0.4) is 0 Å². The number of anilines is 1. The number of carbonyl (C=O) groups excluding carboxylic acids is 3. The van der Waals surface area contributed by atoms with Gasteiger partial charge in [0.25, 0.3) is 11.8 Å². The van der Waals surface area contributed by atoms with Crippen LogP contribution in [0, 0.1) is 6.92 Å². The van der Waals surface area contributed by atoms with Gasteiger partial charge >= 0.3 is 6.03 Å². The van der Waals surface area contributed by atoms with E-state index in [-0.39, 0.29) is 5.57 Å². The van der Waals surface area contributed by atoms with Crippen molar-refractivity contribution in [2.75, 3.05) is 12.0 Å². The van der Waals surface area contributed by atoms with Crippen LogP contribution in [0.2, 0.25) is 0 Å². The molecule has 178 valence electrons. The molecule has 1 N–H and O–H groups in total. The zero-order valence-corrected chi connectivity index (χ0v) is 22.0. The van der Waals surface area contributed by atoms with E-state index in [0.717, 1.165) is 10.5 Å². The molecule has 9 heteroatoms. The molecule has 35 heavy (non-hydrogen) atoms. The summed E-state index contributed by atoms with van der Waals surface area (Å²) in [4.78, 5) is 38.9. The second-order valence-corrected chi connectivity index (χ2v) is 9.45. The summed E-state index contributed by atoms with van der Waals surface area (Å²) in [6.07, 6.45) is 1.43. The van der Waals surface area contributed by atoms with Crippen LogP contribution in [0.4, 0.5) is 10.5 Å². The molecule has 3 aromatic carbocycles. The summed E-state index contributed by atoms with van der Waals surface area (Å²) in [6.45, 7) is 2.40. The van der Waals surface area contributed by atoms with E-state index in [1.54, 1.807) is 36.4 Å². The molecule has 4 amide bonds. The third-order valence-corrected chi connectivity index (χ3v) is 6.45. The number of methoxy groups -OCH3 is 1. The lowest BCUT2D eigenvalue weighted by atomic mass is 10.1. The summed E-state index contributed by atoms with van der Waals surface area (Å²) in [5.41, 5.74) is 2.89. The molecule has 0 spiro atoms. The summed E-state index contributed by atoms with van der Waals surface area (Å²) >= 11 is 7.01. The smallest absolute Gasteiger partial charge is 0.335 e. The molecule has 1 saturated heterocycles. The van der Waals surface area contributed by atoms with Gasteiger partial charge in [0.1, 0.15) is 23.7 Å². The van der Waals surface area contributed by atoms with E-state index < -0.39 is 17.8 Å². The van der Waals surface area contributed by atoms with E-state index >= 15 is 0 Å². The summed E-state index contributed by atoms with van der Waals surface area (Å²) in [7, 11) is 1.52. The van der Waals surface area contributed by atoms with E-state index in [1.807, 2.05) is 31.2 Å². The van der Waals surface area contributed by atoms with Gasteiger partial charge in [-0.1, -0.05) is 29.8 Å². The number of rotatable bonds is 6. The number of ether oxygens (including phenoxy) is 2. The fraction of sp³-hybridized carbons (Fsp3) is 0.115. The number of hydrogen-bond donors (Lipinski definition) is 1. The Balaban J connectivity index is 1.59. The molecule has 4 rings (SSSR count). The van der Waals surface area contributed by atoms with E-state index in [2.05, 4.69) is 37.2 Å². The minimum absolute atomic E-state index is 0.174. The molecule has 0 atom stereocenters. The number of halogens is 2. The molecule has 0 aliphatic carbocycles. The minimum Gasteiger partial charge on any atom is -0.497 e. The molecular formula is C26H20Br2N2O5. The van der Waals surface area contributed by atoms with Gasteiger partial charge in [0, 0.05) is 0 Å². The Morgan fingerprint density at radius 3 is 2.17 bits per heavy atom. The molecule has 0 saturated carbocycles. The lowest BCUT2D eigenvalue weighted by Gasteiger charge is -2.26. The second kappa shape index (κ2) is 10.5. The van der Waals surface area contributed by atoms with E-state index in [9.17, 15) is 14.4 Å². The highest BCUT2D eigenvalue weighted by molar-refractivity contribution is 9.11. The summed E-state index contributed by atoms with van der Waals surface area (Å²) in [5.74, 6) is -0.334. The maximum atomic E-state index is 13.1. The molecule has 1 aliphatic rings. The average Bonchev–Trinajstić information content (AvgIpc) is 2.82. The number of urea groups is 1. The van der Waals surface area contributed by atoms with Crippen LogP contribution in [0.1, 0.15) is 16.7 Å². The molecule has 0 bridgehead atoms. The monoisotopic (exact) mass is 598 g/mol. The van der Waals surface area contributed by atoms with Crippen molar-refractivity contribution in [1.29, 1.82) is 0 Å². The number of aryl methyl sites for hydroxylation is 1. The first-order valence-electron chi connectivity index (χ1n) is 10.5. The molecule has 0 aromatic heterocycles. The van der Waals surface area contributed by atoms with Crippen LogP contribution in [-0.2, 0) is 16.2 Å². The van der Waals surface area contributed by atoms with Crippen molar-refractivity contribution in [1.82, 2.24) is 5.32 Å². The minimum atomic E-state index is -0.815. The van der Waals surface area contributed by atoms with Gasteiger partial charge in [-0.05, 0) is 92.4 Å². The van der Waals surface area contributed by atoms with Gasteiger partial charge in [0.2, 0.25) is 0 Å². The van der Waals surface area contributed by atoms with Gasteiger partial charge in [-0.15, -0.1) is 0 Å². The molecule has 7 nitrogen and oxygen atoms in total. The van der Waals surface area contributed by atoms with E-state index in [1.165, 1.54) is 18.7 Å². The zero-order valence-electron chi connectivity index (χ0n) is 18.8. The van der Waals surface area contributed by atoms with Crippen molar-refractivity contribution in [3.63, 3.8) is 0 Å². The van der Waals surface area contributed by atoms with Crippen molar-refractivity contribution in [3.8, 4) is 11.5 Å². The number of carbonyl (C=O) groups is 3. The number of nitrogens with one attached hydrogen (secondary N) is 1. The largest absolute Gasteiger partial charge is 0.497 e. The highest BCUT2D eigenvalue weighted by atomic mass is 79.9. The molecule has 1 aliphatic heterocycles. The summed E-state index contributed by atoms with van der Waals surface area (Å²) in [6, 6.07) is 17.1. The molecule has 0 radical (unpaired) electrons. The Kier molecular flexibility index (Phi) is 7.37. The molecule has 0 unspecified atom stereocenters. The Morgan fingerprint density at radius 1 is 0.943 bits per heavy atom. The van der Waals surface area contributed by atoms with Crippen molar-refractivity contribution in [2.24, 2.45) is 0 Å². The number of nitrogens with zero attached hydrogens (tertiary/aromatic N) is 1. The van der Waals surface area contributed by atoms with Crippen molar-refractivity contribution >= 4 is 61.5 Å². The van der Waals surface area contributed by atoms with Crippen LogP contribution >= 0.6 is 31.9 Å². The third kappa shape index (κ3) is 5.47. The first-order valence-corrected chi connectivity index (χ1v) is 12.1. The maximum absolute atomic E-state index is 13.1. The van der Waals surface area contributed by atoms with Crippen LogP contribution in [0.5, 0.6) is 11.5 Å². The third-order valence-electron chi connectivity index (χ3n) is 5.27. The van der Waals surface area contributed by atoms with Crippen molar-refractivity contribution in [2.45, 2.75) is 13.5 Å². The summed E-state index contributed by atoms with van der Waals surface area (Å²) < 4.78 is 12.4. The van der Waals surface area contributed by atoms with Crippen molar-refractivity contribution in [3.05, 3.63) is 91.9 Å². The Morgan fingerprint density at radius 2 is 1.57 bits per heavy atom. The van der Waals surface area contributed by atoms with Gasteiger partial charge in [-0.2, -0.15) is 0 Å². The van der Waals surface area contributed by atoms with Crippen LogP contribution in [0.15, 0.2) is 75.2 Å². The number of benzene rings is 3. The number of amides is 4. The predicted molar refractivity (Wildman–Crippen MR) is 139 cm³/mol. The molecule has 1 fully saturated rings. The first kappa shape index (κ1) is 24.7. The fourth-order valence-corrected chi connectivity index (χ4v) is 4.88. The predicted octanol–water partition coefficient (Wildman–Crippen LogP) is 5.77. The molecule has 1 heterocycles. The van der Waals surface area contributed by atoms with Gasteiger partial charge < -0.3 is 9.47 Å². The Labute approximate surface area is 219 Å². The molecule has 3 aromatic rings. The van der Waals surface area contributed by atoms with Crippen LogP contribution in [0.25, 0.3) is 6.08 Å². The molecular weight excluding hydrogens is 580 g/mol. The lowest BCUT2D eigenvalue weighted by Crippen LogP contribution is -2.54. The number of hydrogen-bond acceptors (Lipinski definition) is 5. The van der Waals surface area contributed by atoms with Gasteiger partial charge in [0.15, 0.2) is 0 Å². The first-order chi connectivity index (χ1) is 16.8. The van der Waals surface area contributed by atoms with Crippen LogP contribution in [-0.4, -0.2) is 25.0 Å². The number of imide groups is 2. The van der Waals surface area contributed by atoms with E-state index in [0.29, 0.717) is 38.3 Å². The Bertz CT molecular complexity index is 1310. The lowest BCUT2D eigenvalue weighted by molar-refractivity contribution is -0.122. The average molecular weight is 600 g/mol. The fourth-order valence-electron chi connectivity index (χ4n) is 3.43. The van der Waals surface area contributed by atoms with Crippen molar-refractivity contribution < 1.29 is 23.9 Å². The zero-order chi connectivity index (χ0) is 25.1. The topological polar surface area (TPSA) is 84.9 Å². The van der Waals surface area contributed by atoms with Gasteiger partial charge in [-0.3, -0.25) is 14.9 Å². The maximum Gasteiger partial charge on any atom is 0.335 e. The van der Waals surface area contributed by atoms with Gasteiger partial charge in [0.05, 0.1) is 21.7 Å². The Hall–Kier alpha value is -3.43. The standard InChI is InChI=1S/C26H20Br2N2O5/c1-15-3-5-16(6-4-15)14-35-23-21(27)12-17(13-22(23)28)11-20-24(31)29-26(33)30(25(20)32)18-7-9-19(34-2)10-8-18/h3-13H,14H2,1-2H3,(H,29,31,33)/b20-11+. The number of barbiturate groups is 1. The second-order valence-electron chi connectivity index (χ2n) is 7.74.